The molecule has 1 fully saturated rings. The number of rotatable bonds is 2. The molecule has 14 heavy (non-hydrogen) atoms. The molecule has 1 aromatic heterocycles. The molecule has 0 saturated carbocycles. The standard InChI is InChI=1S/C9H11NO2S.ClH/c11-9(12)7-5-10-4-6(7)8-2-1-3-13-8;/h1-3,6-7,10H,4-5H2,(H,11,12);1H/t6-,7-;/m0./s1. The van der Waals surface area contributed by atoms with Crippen molar-refractivity contribution in [2.75, 3.05) is 13.1 Å². The molecule has 0 aliphatic carbocycles. The van der Waals surface area contributed by atoms with Crippen LogP contribution in [0.2, 0.25) is 0 Å². The summed E-state index contributed by atoms with van der Waals surface area (Å²) in [5.74, 6) is -0.778. The molecule has 0 amide bonds. The number of carboxylic acids is 1. The van der Waals surface area contributed by atoms with Gasteiger partial charge in [0.2, 0.25) is 0 Å². The first kappa shape index (κ1) is 11.5. The third-order valence-electron chi connectivity index (χ3n) is 2.44. The summed E-state index contributed by atoms with van der Waals surface area (Å²) in [6, 6.07) is 3.98. The summed E-state index contributed by atoms with van der Waals surface area (Å²) in [5.41, 5.74) is 0. The Hall–Kier alpha value is -0.580. The van der Waals surface area contributed by atoms with E-state index in [0.717, 1.165) is 6.54 Å². The first-order valence-electron chi connectivity index (χ1n) is 4.26. The molecule has 0 spiro atoms. The van der Waals surface area contributed by atoms with Crippen molar-refractivity contribution in [2.45, 2.75) is 5.92 Å². The number of carboxylic acid groups (broad SMARTS) is 1. The molecule has 0 bridgehead atoms. The molecule has 2 rings (SSSR count). The summed E-state index contributed by atoms with van der Waals surface area (Å²) in [6.45, 7) is 1.38. The van der Waals surface area contributed by atoms with Crippen molar-refractivity contribution in [2.24, 2.45) is 5.92 Å². The highest BCUT2D eigenvalue weighted by molar-refractivity contribution is 7.10. The molecule has 1 aromatic rings. The highest BCUT2D eigenvalue weighted by Gasteiger charge is 2.34. The summed E-state index contributed by atoms with van der Waals surface area (Å²) >= 11 is 1.64. The normalized spacial score (nSPS) is 25.7. The van der Waals surface area contributed by atoms with E-state index < -0.39 is 5.97 Å². The average molecular weight is 234 g/mol. The van der Waals surface area contributed by atoms with Crippen molar-refractivity contribution in [3.05, 3.63) is 22.4 Å². The van der Waals surface area contributed by atoms with Gasteiger partial charge in [0.25, 0.3) is 0 Å². The molecule has 1 aliphatic heterocycles. The molecule has 1 saturated heterocycles. The van der Waals surface area contributed by atoms with Gasteiger partial charge in [-0.25, -0.2) is 0 Å². The van der Waals surface area contributed by atoms with E-state index in [4.69, 9.17) is 5.11 Å². The zero-order chi connectivity index (χ0) is 9.26. The fraction of sp³-hybridized carbons (Fsp3) is 0.444. The number of carbonyl (C=O) groups is 1. The van der Waals surface area contributed by atoms with Gasteiger partial charge in [-0.05, 0) is 11.4 Å². The van der Waals surface area contributed by atoms with E-state index in [-0.39, 0.29) is 24.2 Å². The summed E-state index contributed by atoms with van der Waals surface area (Å²) in [4.78, 5) is 12.0. The summed E-state index contributed by atoms with van der Waals surface area (Å²) in [5, 5.41) is 14.1. The second kappa shape index (κ2) is 4.77. The van der Waals surface area contributed by atoms with Crippen LogP contribution in [0, 0.1) is 5.92 Å². The maximum atomic E-state index is 10.9. The number of hydrogen-bond donors (Lipinski definition) is 2. The molecule has 2 N–H and O–H groups in total. The van der Waals surface area contributed by atoms with E-state index in [1.807, 2.05) is 17.5 Å². The van der Waals surface area contributed by atoms with E-state index in [1.165, 1.54) is 4.88 Å². The number of thiophene rings is 1. The minimum Gasteiger partial charge on any atom is -0.481 e. The van der Waals surface area contributed by atoms with E-state index in [9.17, 15) is 4.79 Å². The van der Waals surface area contributed by atoms with Crippen molar-refractivity contribution in [3.8, 4) is 0 Å². The first-order valence-corrected chi connectivity index (χ1v) is 5.14. The fourth-order valence-electron chi connectivity index (χ4n) is 1.74. The van der Waals surface area contributed by atoms with Gasteiger partial charge in [-0.15, -0.1) is 23.7 Å². The van der Waals surface area contributed by atoms with Gasteiger partial charge in [-0.3, -0.25) is 4.79 Å². The molecule has 0 radical (unpaired) electrons. The fourth-order valence-corrected chi connectivity index (χ4v) is 2.63. The predicted octanol–water partition coefficient (Wildman–Crippen LogP) is 1.56. The van der Waals surface area contributed by atoms with E-state index in [1.54, 1.807) is 11.3 Å². The van der Waals surface area contributed by atoms with Gasteiger partial charge < -0.3 is 10.4 Å². The lowest BCUT2D eigenvalue weighted by Crippen LogP contribution is -2.20. The monoisotopic (exact) mass is 233 g/mol. The van der Waals surface area contributed by atoms with E-state index in [2.05, 4.69) is 5.32 Å². The molecule has 1 aliphatic rings. The average Bonchev–Trinajstić information content (AvgIpc) is 2.74. The van der Waals surface area contributed by atoms with Crippen LogP contribution >= 0.6 is 23.7 Å². The Morgan fingerprint density at radius 3 is 2.93 bits per heavy atom. The SMILES string of the molecule is Cl.O=C(O)[C@H]1CNC[C@@H]1c1cccs1. The van der Waals surface area contributed by atoms with Crippen molar-refractivity contribution in [3.63, 3.8) is 0 Å². The van der Waals surface area contributed by atoms with Crippen molar-refractivity contribution < 1.29 is 9.90 Å². The Morgan fingerprint density at radius 2 is 2.36 bits per heavy atom. The lowest BCUT2D eigenvalue weighted by Gasteiger charge is -2.11. The second-order valence-corrected chi connectivity index (χ2v) is 4.20. The van der Waals surface area contributed by atoms with Gasteiger partial charge >= 0.3 is 5.97 Å². The van der Waals surface area contributed by atoms with Crippen LogP contribution in [0.3, 0.4) is 0 Å². The molecular formula is C9H12ClNO2S. The lowest BCUT2D eigenvalue weighted by molar-refractivity contribution is -0.141. The van der Waals surface area contributed by atoms with Crippen LogP contribution in [-0.4, -0.2) is 24.2 Å². The third-order valence-corrected chi connectivity index (χ3v) is 3.44. The molecule has 2 atom stereocenters. The first-order chi connectivity index (χ1) is 6.29. The van der Waals surface area contributed by atoms with Crippen LogP contribution in [0.25, 0.3) is 0 Å². The summed E-state index contributed by atoms with van der Waals surface area (Å²) in [7, 11) is 0. The number of hydrogen-bond acceptors (Lipinski definition) is 3. The van der Waals surface area contributed by atoms with Crippen LogP contribution in [0.4, 0.5) is 0 Å². The van der Waals surface area contributed by atoms with Crippen LogP contribution in [0.1, 0.15) is 10.8 Å². The largest absolute Gasteiger partial charge is 0.481 e. The van der Waals surface area contributed by atoms with Crippen molar-refractivity contribution >= 4 is 29.7 Å². The highest BCUT2D eigenvalue weighted by Crippen LogP contribution is 2.31. The zero-order valence-corrected chi connectivity index (χ0v) is 9.11. The molecular weight excluding hydrogens is 222 g/mol. The quantitative estimate of drug-likeness (QED) is 0.815. The molecule has 0 aromatic carbocycles. The number of halogens is 1. The van der Waals surface area contributed by atoms with Gasteiger partial charge in [-0.1, -0.05) is 6.07 Å². The minimum absolute atomic E-state index is 0. The Bertz CT molecular complexity index is 302. The van der Waals surface area contributed by atoms with Crippen molar-refractivity contribution in [1.82, 2.24) is 5.32 Å². The van der Waals surface area contributed by atoms with Gasteiger partial charge in [0.15, 0.2) is 0 Å². The Balaban J connectivity index is 0.000000980. The number of aliphatic carboxylic acids is 1. The Kier molecular flexibility index (Phi) is 3.92. The maximum absolute atomic E-state index is 10.9. The third kappa shape index (κ3) is 2.08. The van der Waals surface area contributed by atoms with Crippen molar-refractivity contribution in [1.29, 1.82) is 0 Å². The Labute approximate surface area is 92.5 Å². The maximum Gasteiger partial charge on any atom is 0.308 e. The molecule has 78 valence electrons. The summed E-state index contributed by atoms with van der Waals surface area (Å²) < 4.78 is 0. The van der Waals surface area contributed by atoms with Gasteiger partial charge in [0.1, 0.15) is 0 Å². The van der Waals surface area contributed by atoms with Crippen LogP contribution < -0.4 is 5.32 Å². The van der Waals surface area contributed by atoms with Crippen LogP contribution in [-0.2, 0) is 4.79 Å². The smallest absolute Gasteiger partial charge is 0.308 e. The van der Waals surface area contributed by atoms with Crippen LogP contribution in [0.5, 0.6) is 0 Å². The highest BCUT2D eigenvalue weighted by atomic mass is 35.5. The predicted molar refractivity (Wildman–Crippen MR) is 58.3 cm³/mol. The van der Waals surface area contributed by atoms with E-state index >= 15 is 0 Å². The van der Waals surface area contributed by atoms with Gasteiger partial charge in [0, 0.05) is 23.9 Å². The molecule has 0 unspecified atom stereocenters. The number of nitrogens with one attached hydrogen (secondary N) is 1. The minimum atomic E-state index is -0.691. The molecule has 3 nitrogen and oxygen atoms in total. The Morgan fingerprint density at radius 1 is 1.57 bits per heavy atom. The molecule has 5 heteroatoms. The van der Waals surface area contributed by atoms with Gasteiger partial charge in [-0.2, -0.15) is 0 Å². The van der Waals surface area contributed by atoms with Crippen LogP contribution in [0.15, 0.2) is 17.5 Å². The summed E-state index contributed by atoms with van der Waals surface area (Å²) in [6.07, 6.45) is 0. The van der Waals surface area contributed by atoms with E-state index in [0.29, 0.717) is 6.54 Å². The molecule has 2 heterocycles. The van der Waals surface area contributed by atoms with Gasteiger partial charge in [0.05, 0.1) is 5.92 Å². The zero-order valence-electron chi connectivity index (χ0n) is 7.47. The second-order valence-electron chi connectivity index (χ2n) is 3.22. The topological polar surface area (TPSA) is 49.3 Å². The lowest BCUT2D eigenvalue weighted by atomic mass is 9.95.